The van der Waals surface area contributed by atoms with E-state index in [0.29, 0.717) is 0 Å². The molecular formula is C13H14BNO. The lowest BCUT2D eigenvalue weighted by Gasteiger charge is -2.10. The summed E-state index contributed by atoms with van der Waals surface area (Å²) in [4.78, 5) is 0. The highest BCUT2D eigenvalue weighted by atomic mass is 16.5. The fraction of sp³-hybridized carbons (Fsp3) is 0.231. The van der Waals surface area contributed by atoms with E-state index in [9.17, 15) is 0 Å². The molecule has 1 aliphatic heterocycles. The SMILES string of the molecule is C1=CC(B2NCC(c3ccccc3)O2)=CC1. The first-order chi connectivity index (χ1) is 7.93. The molecule has 80 valence electrons. The smallest absolute Gasteiger partial charge is 0.409 e. The van der Waals surface area contributed by atoms with E-state index in [4.69, 9.17) is 4.65 Å². The van der Waals surface area contributed by atoms with Crippen LogP contribution in [-0.2, 0) is 4.65 Å². The second-order valence-electron chi connectivity index (χ2n) is 4.17. The molecule has 3 rings (SSSR count). The number of nitrogens with one attached hydrogen (secondary N) is 1. The minimum absolute atomic E-state index is 0.0731. The molecule has 0 saturated carbocycles. The van der Waals surface area contributed by atoms with Gasteiger partial charge in [0, 0.05) is 6.54 Å². The largest absolute Gasteiger partial charge is 0.416 e. The highest BCUT2D eigenvalue weighted by molar-refractivity contribution is 6.59. The van der Waals surface area contributed by atoms with Gasteiger partial charge >= 0.3 is 7.05 Å². The van der Waals surface area contributed by atoms with Gasteiger partial charge in [0.2, 0.25) is 0 Å². The molecule has 0 bridgehead atoms. The molecule has 0 amide bonds. The van der Waals surface area contributed by atoms with Gasteiger partial charge in [0.15, 0.2) is 0 Å². The van der Waals surface area contributed by atoms with Crippen LogP contribution in [0.5, 0.6) is 0 Å². The summed E-state index contributed by atoms with van der Waals surface area (Å²) in [7, 11) is 0.0731. The summed E-state index contributed by atoms with van der Waals surface area (Å²) in [5, 5.41) is 3.41. The van der Waals surface area contributed by atoms with Crippen LogP contribution < -0.4 is 5.23 Å². The maximum absolute atomic E-state index is 6.00. The van der Waals surface area contributed by atoms with Gasteiger partial charge in [-0.15, -0.1) is 0 Å². The molecule has 1 aliphatic carbocycles. The lowest BCUT2D eigenvalue weighted by Crippen LogP contribution is -2.29. The topological polar surface area (TPSA) is 21.3 Å². The predicted molar refractivity (Wildman–Crippen MR) is 65.9 cm³/mol. The molecule has 0 aromatic heterocycles. The van der Waals surface area contributed by atoms with E-state index in [1.165, 1.54) is 11.0 Å². The lowest BCUT2D eigenvalue weighted by molar-refractivity contribution is 0.252. The summed E-state index contributed by atoms with van der Waals surface area (Å²) in [5.74, 6) is 0. The first-order valence-electron chi connectivity index (χ1n) is 5.74. The predicted octanol–water partition coefficient (Wildman–Crippen LogP) is 2.26. The Balaban J connectivity index is 1.72. The van der Waals surface area contributed by atoms with E-state index in [1.807, 2.05) is 6.07 Å². The van der Waals surface area contributed by atoms with Crippen LogP contribution in [0, 0.1) is 0 Å². The van der Waals surface area contributed by atoms with Crippen molar-refractivity contribution in [2.24, 2.45) is 0 Å². The van der Waals surface area contributed by atoms with E-state index in [0.717, 1.165) is 13.0 Å². The molecule has 1 fully saturated rings. The maximum Gasteiger partial charge on any atom is 0.416 e. The van der Waals surface area contributed by atoms with E-state index in [1.54, 1.807) is 0 Å². The number of benzene rings is 1. The Kier molecular flexibility index (Phi) is 2.64. The minimum atomic E-state index is 0.0731. The zero-order chi connectivity index (χ0) is 10.8. The molecule has 0 spiro atoms. The molecule has 1 aromatic carbocycles. The van der Waals surface area contributed by atoms with Crippen LogP contribution >= 0.6 is 0 Å². The van der Waals surface area contributed by atoms with Crippen molar-refractivity contribution in [2.45, 2.75) is 12.5 Å². The molecule has 1 aromatic rings. The fourth-order valence-corrected chi connectivity index (χ4v) is 2.21. The molecule has 2 aliphatic rings. The van der Waals surface area contributed by atoms with Crippen LogP contribution in [0.15, 0.2) is 54.0 Å². The van der Waals surface area contributed by atoms with Gasteiger partial charge in [-0.1, -0.05) is 48.6 Å². The number of allylic oxidation sites excluding steroid dienone is 4. The van der Waals surface area contributed by atoms with Crippen molar-refractivity contribution < 1.29 is 4.65 Å². The van der Waals surface area contributed by atoms with Crippen LogP contribution in [0.3, 0.4) is 0 Å². The van der Waals surface area contributed by atoms with Crippen molar-refractivity contribution in [1.82, 2.24) is 5.23 Å². The Morgan fingerprint density at radius 1 is 1.25 bits per heavy atom. The number of rotatable bonds is 2. The molecule has 0 radical (unpaired) electrons. The Morgan fingerprint density at radius 3 is 2.88 bits per heavy atom. The average Bonchev–Trinajstić information content (AvgIpc) is 3.01. The van der Waals surface area contributed by atoms with Gasteiger partial charge in [-0.25, -0.2) is 0 Å². The number of hydrogen-bond donors (Lipinski definition) is 1. The molecule has 1 unspecified atom stereocenters. The summed E-state index contributed by atoms with van der Waals surface area (Å²) in [6, 6.07) is 10.4. The van der Waals surface area contributed by atoms with Crippen LogP contribution in [0.1, 0.15) is 18.1 Å². The van der Waals surface area contributed by atoms with Gasteiger partial charge in [-0.05, 0) is 17.5 Å². The molecule has 1 saturated heterocycles. The Bertz CT molecular complexity index is 427. The highest BCUT2D eigenvalue weighted by Gasteiger charge is 2.32. The molecule has 16 heavy (non-hydrogen) atoms. The van der Waals surface area contributed by atoms with Crippen molar-refractivity contribution in [3.8, 4) is 0 Å². The van der Waals surface area contributed by atoms with Gasteiger partial charge in [0.05, 0.1) is 6.10 Å². The second kappa shape index (κ2) is 4.28. The third-order valence-electron chi connectivity index (χ3n) is 3.06. The van der Waals surface area contributed by atoms with Crippen LogP contribution in [0.4, 0.5) is 0 Å². The first kappa shape index (κ1) is 9.88. The van der Waals surface area contributed by atoms with Crippen molar-refractivity contribution in [2.75, 3.05) is 6.54 Å². The normalized spacial score (nSPS) is 23.9. The fourth-order valence-electron chi connectivity index (χ4n) is 2.21. The molecule has 3 heteroatoms. The van der Waals surface area contributed by atoms with Crippen LogP contribution in [0.2, 0.25) is 0 Å². The first-order valence-corrected chi connectivity index (χ1v) is 5.74. The second-order valence-corrected chi connectivity index (χ2v) is 4.17. The zero-order valence-electron chi connectivity index (χ0n) is 9.10. The third-order valence-corrected chi connectivity index (χ3v) is 3.06. The van der Waals surface area contributed by atoms with Crippen molar-refractivity contribution in [3.63, 3.8) is 0 Å². The van der Waals surface area contributed by atoms with Gasteiger partial charge in [-0.2, -0.15) is 0 Å². The van der Waals surface area contributed by atoms with Gasteiger partial charge in [-0.3, -0.25) is 0 Å². The summed E-state index contributed by atoms with van der Waals surface area (Å²) in [6.07, 6.45) is 7.74. The van der Waals surface area contributed by atoms with E-state index < -0.39 is 0 Å². The van der Waals surface area contributed by atoms with E-state index in [2.05, 4.69) is 47.7 Å². The van der Waals surface area contributed by atoms with Gasteiger partial charge in [0.25, 0.3) is 0 Å². The van der Waals surface area contributed by atoms with Gasteiger partial charge in [0.1, 0.15) is 0 Å². The maximum atomic E-state index is 6.00. The molecule has 2 nitrogen and oxygen atoms in total. The van der Waals surface area contributed by atoms with Crippen LogP contribution in [0.25, 0.3) is 0 Å². The van der Waals surface area contributed by atoms with Crippen molar-refractivity contribution in [3.05, 3.63) is 59.6 Å². The quantitative estimate of drug-likeness (QED) is 0.757. The third kappa shape index (κ3) is 1.84. The average molecular weight is 211 g/mol. The van der Waals surface area contributed by atoms with Crippen LogP contribution in [-0.4, -0.2) is 13.6 Å². The summed E-state index contributed by atoms with van der Waals surface area (Å²) in [5.41, 5.74) is 2.51. The van der Waals surface area contributed by atoms with E-state index >= 15 is 0 Å². The minimum Gasteiger partial charge on any atom is -0.409 e. The van der Waals surface area contributed by atoms with E-state index in [-0.39, 0.29) is 13.2 Å². The molecule has 1 heterocycles. The summed E-state index contributed by atoms with van der Waals surface area (Å²) < 4.78 is 6.00. The van der Waals surface area contributed by atoms with Gasteiger partial charge < -0.3 is 9.88 Å². The number of hydrogen-bond acceptors (Lipinski definition) is 2. The zero-order valence-corrected chi connectivity index (χ0v) is 9.10. The standard InChI is InChI=1S/C13H14BNO/c1-2-6-11(7-3-1)13-10-15-14(16-13)12-8-4-5-9-12/h1-4,6-9,13,15H,5,10H2. The monoisotopic (exact) mass is 211 g/mol. The molecular weight excluding hydrogens is 197 g/mol. The Morgan fingerprint density at radius 2 is 2.12 bits per heavy atom. The Hall–Kier alpha value is -1.32. The Labute approximate surface area is 96.1 Å². The van der Waals surface area contributed by atoms with Crippen molar-refractivity contribution >= 4 is 7.05 Å². The lowest BCUT2D eigenvalue weighted by atomic mass is 9.74. The molecule has 1 atom stereocenters. The van der Waals surface area contributed by atoms with Crippen molar-refractivity contribution in [1.29, 1.82) is 0 Å². The summed E-state index contributed by atoms with van der Waals surface area (Å²) in [6.45, 7) is 0.889. The summed E-state index contributed by atoms with van der Waals surface area (Å²) >= 11 is 0. The molecule has 1 N–H and O–H groups in total. The highest BCUT2D eigenvalue weighted by Crippen LogP contribution is 2.25.